The molecule has 1 aromatic rings. The summed E-state index contributed by atoms with van der Waals surface area (Å²) < 4.78 is 0. The maximum atomic E-state index is 11.7. The predicted molar refractivity (Wildman–Crippen MR) is 77.8 cm³/mol. The molecular weight excluding hydrogens is 278 g/mol. The summed E-state index contributed by atoms with van der Waals surface area (Å²) in [6.45, 7) is 3.28. The molecule has 0 aliphatic carbocycles. The lowest BCUT2D eigenvalue weighted by molar-refractivity contribution is -0.142. The van der Waals surface area contributed by atoms with Gasteiger partial charge in [-0.15, -0.1) is 11.8 Å². The molecular formula is C14H19NO4S. The molecule has 1 amide bonds. The van der Waals surface area contributed by atoms with Crippen molar-refractivity contribution in [3.05, 3.63) is 29.8 Å². The summed E-state index contributed by atoms with van der Waals surface area (Å²) in [6, 6.07) is 7.75. The van der Waals surface area contributed by atoms with Crippen LogP contribution in [0.3, 0.4) is 0 Å². The van der Waals surface area contributed by atoms with Crippen LogP contribution in [0.5, 0.6) is 0 Å². The van der Waals surface area contributed by atoms with Gasteiger partial charge in [0, 0.05) is 11.4 Å². The molecule has 1 unspecified atom stereocenters. The Morgan fingerprint density at radius 3 is 2.60 bits per heavy atom. The minimum Gasteiger partial charge on any atom is -0.481 e. The number of carboxylic acid groups (broad SMARTS) is 1. The Balaban J connectivity index is 2.38. The number of aliphatic carboxylic acids is 1. The van der Waals surface area contributed by atoms with Crippen molar-refractivity contribution in [2.75, 3.05) is 12.3 Å². The number of hydrogen-bond acceptors (Lipinski definition) is 4. The summed E-state index contributed by atoms with van der Waals surface area (Å²) in [6.07, 6.45) is -0.405. The van der Waals surface area contributed by atoms with E-state index in [1.165, 1.54) is 18.7 Å². The summed E-state index contributed by atoms with van der Waals surface area (Å²) in [4.78, 5) is 23.2. The zero-order valence-electron chi connectivity index (χ0n) is 11.5. The third kappa shape index (κ3) is 6.08. The summed E-state index contributed by atoms with van der Waals surface area (Å²) in [5.74, 6) is -1.10. The fourth-order valence-electron chi connectivity index (χ4n) is 1.59. The third-order valence-electron chi connectivity index (χ3n) is 2.65. The second-order valence-electron chi connectivity index (χ2n) is 4.90. The molecule has 0 saturated carbocycles. The van der Waals surface area contributed by atoms with Crippen molar-refractivity contribution in [1.29, 1.82) is 0 Å². The van der Waals surface area contributed by atoms with Crippen LogP contribution in [-0.4, -0.2) is 40.0 Å². The number of carboxylic acids is 1. The highest BCUT2D eigenvalue weighted by atomic mass is 32.2. The van der Waals surface area contributed by atoms with Gasteiger partial charge in [0.05, 0.1) is 17.8 Å². The molecule has 5 nitrogen and oxygen atoms in total. The first kappa shape index (κ1) is 16.5. The number of thioether (sulfide) groups is 1. The first-order valence-electron chi connectivity index (χ1n) is 6.19. The molecule has 0 spiro atoms. The molecule has 110 valence electrons. The van der Waals surface area contributed by atoms with E-state index in [0.717, 1.165) is 10.5 Å². The maximum Gasteiger partial charge on any atom is 0.306 e. The van der Waals surface area contributed by atoms with Crippen LogP contribution in [-0.2, 0) is 9.59 Å². The lowest BCUT2D eigenvalue weighted by Gasteiger charge is -2.21. The number of nitrogens with one attached hydrogen (secondary N) is 1. The molecule has 0 bridgehead atoms. The number of carbonyl (C=O) groups is 2. The fraction of sp³-hybridized carbons (Fsp3) is 0.429. The smallest absolute Gasteiger partial charge is 0.306 e. The number of benzene rings is 1. The van der Waals surface area contributed by atoms with Crippen LogP contribution in [0.25, 0.3) is 0 Å². The molecule has 1 atom stereocenters. The van der Waals surface area contributed by atoms with E-state index >= 15 is 0 Å². The van der Waals surface area contributed by atoms with E-state index in [1.807, 2.05) is 31.2 Å². The Morgan fingerprint density at radius 1 is 1.35 bits per heavy atom. The quantitative estimate of drug-likeness (QED) is 0.663. The number of hydrogen-bond donors (Lipinski definition) is 3. The Hall–Kier alpha value is -1.53. The minimum atomic E-state index is -1.44. The van der Waals surface area contributed by atoms with Crippen LogP contribution >= 0.6 is 11.8 Å². The third-order valence-corrected chi connectivity index (χ3v) is 3.83. The van der Waals surface area contributed by atoms with Crippen LogP contribution in [0.4, 0.5) is 0 Å². The average Bonchev–Trinajstić information content (AvgIpc) is 2.34. The normalized spacial score (nSPS) is 13.6. The zero-order chi connectivity index (χ0) is 15.2. The lowest BCUT2D eigenvalue weighted by atomic mass is 10.0. The van der Waals surface area contributed by atoms with E-state index in [1.54, 1.807) is 0 Å². The number of rotatable bonds is 7. The van der Waals surface area contributed by atoms with Crippen LogP contribution in [0.15, 0.2) is 29.2 Å². The molecule has 0 radical (unpaired) electrons. The SMILES string of the molecule is Cc1ccccc1SCC(=O)NCC(C)(O)CC(=O)O. The Bertz CT molecular complexity index is 488. The van der Waals surface area contributed by atoms with Crippen molar-refractivity contribution in [2.45, 2.75) is 30.8 Å². The van der Waals surface area contributed by atoms with Gasteiger partial charge in [-0.1, -0.05) is 18.2 Å². The number of aliphatic hydroxyl groups is 1. The van der Waals surface area contributed by atoms with Crippen LogP contribution in [0, 0.1) is 6.92 Å². The van der Waals surface area contributed by atoms with Gasteiger partial charge in [0.15, 0.2) is 0 Å². The van der Waals surface area contributed by atoms with Gasteiger partial charge >= 0.3 is 5.97 Å². The molecule has 1 aromatic carbocycles. The van der Waals surface area contributed by atoms with Crippen molar-refractivity contribution in [3.8, 4) is 0 Å². The van der Waals surface area contributed by atoms with Gasteiger partial charge in [-0.2, -0.15) is 0 Å². The van der Waals surface area contributed by atoms with Gasteiger partial charge in [-0.25, -0.2) is 0 Å². The average molecular weight is 297 g/mol. The molecule has 0 heterocycles. The summed E-state index contributed by atoms with van der Waals surface area (Å²) >= 11 is 1.41. The molecule has 0 aliphatic rings. The molecule has 0 saturated heterocycles. The Morgan fingerprint density at radius 2 is 2.00 bits per heavy atom. The Labute approximate surface area is 122 Å². The van der Waals surface area contributed by atoms with E-state index in [0.29, 0.717) is 0 Å². The van der Waals surface area contributed by atoms with Crippen molar-refractivity contribution in [3.63, 3.8) is 0 Å². The van der Waals surface area contributed by atoms with Gasteiger partial charge in [0.2, 0.25) is 5.91 Å². The molecule has 0 aromatic heterocycles. The van der Waals surface area contributed by atoms with E-state index in [9.17, 15) is 14.7 Å². The highest BCUT2D eigenvalue weighted by Crippen LogP contribution is 2.21. The van der Waals surface area contributed by atoms with Crippen LogP contribution in [0.1, 0.15) is 18.9 Å². The standard InChI is InChI=1S/C14H19NO4S/c1-10-5-3-4-6-11(10)20-8-12(16)15-9-14(2,19)7-13(17)18/h3-6,19H,7-9H2,1-2H3,(H,15,16)(H,17,18). The molecule has 3 N–H and O–H groups in total. The second kappa shape index (κ2) is 7.31. The molecule has 20 heavy (non-hydrogen) atoms. The fourth-order valence-corrected chi connectivity index (χ4v) is 2.45. The molecule has 0 fully saturated rings. The first-order chi connectivity index (χ1) is 9.30. The van der Waals surface area contributed by atoms with Gasteiger partial charge in [0.1, 0.15) is 0 Å². The summed E-state index contributed by atoms with van der Waals surface area (Å²) in [5.41, 5.74) is -0.336. The highest BCUT2D eigenvalue weighted by molar-refractivity contribution is 8.00. The van der Waals surface area contributed by atoms with E-state index in [-0.39, 0.29) is 18.2 Å². The molecule has 6 heteroatoms. The Kier molecular flexibility index (Phi) is 6.04. The number of amides is 1. The molecule has 0 aliphatic heterocycles. The van der Waals surface area contributed by atoms with Gasteiger partial charge in [-0.3, -0.25) is 9.59 Å². The van der Waals surface area contributed by atoms with Crippen molar-refractivity contribution in [2.24, 2.45) is 0 Å². The second-order valence-corrected chi connectivity index (χ2v) is 5.92. The maximum absolute atomic E-state index is 11.7. The monoisotopic (exact) mass is 297 g/mol. The largest absolute Gasteiger partial charge is 0.481 e. The topological polar surface area (TPSA) is 86.6 Å². The number of carbonyl (C=O) groups excluding carboxylic acids is 1. The first-order valence-corrected chi connectivity index (χ1v) is 7.18. The minimum absolute atomic E-state index is 0.0769. The summed E-state index contributed by atoms with van der Waals surface area (Å²) in [7, 11) is 0. The van der Waals surface area contributed by atoms with Crippen molar-refractivity contribution >= 4 is 23.6 Å². The van der Waals surface area contributed by atoms with Gasteiger partial charge in [-0.05, 0) is 25.5 Å². The van der Waals surface area contributed by atoms with E-state index in [2.05, 4.69) is 5.32 Å². The van der Waals surface area contributed by atoms with Crippen LogP contribution in [0.2, 0.25) is 0 Å². The van der Waals surface area contributed by atoms with E-state index < -0.39 is 18.0 Å². The molecule has 1 rings (SSSR count). The van der Waals surface area contributed by atoms with Crippen molar-refractivity contribution < 1.29 is 19.8 Å². The summed E-state index contributed by atoms with van der Waals surface area (Å²) in [5, 5.41) is 20.9. The highest BCUT2D eigenvalue weighted by Gasteiger charge is 2.24. The lowest BCUT2D eigenvalue weighted by Crippen LogP contribution is -2.42. The zero-order valence-corrected chi connectivity index (χ0v) is 12.4. The van der Waals surface area contributed by atoms with Gasteiger partial charge < -0.3 is 15.5 Å². The number of aryl methyl sites for hydroxylation is 1. The predicted octanol–water partition coefficient (Wildman–Crippen LogP) is 1.43. The van der Waals surface area contributed by atoms with Crippen molar-refractivity contribution in [1.82, 2.24) is 5.32 Å². The van der Waals surface area contributed by atoms with Crippen LogP contribution < -0.4 is 5.32 Å². The van der Waals surface area contributed by atoms with Gasteiger partial charge in [0.25, 0.3) is 0 Å². The van der Waals surface area contributed by atoms with E-state index in [4.69, 9.17) is 5.11 Å².